The standard InChI is InChI=1S/C11H10F3N5/c12-8-3-7(4-9(13)11(8)14)19-10(16-17-18-19)5-15-6-1-2-6/h3-4,6,15H,1-2,5H2. The van der Waals surface area contributed by atoms with Crippen LogP contribution in [0.5, 0.6) is 0 Å². The zero-order chi connectivity index (χ0) is 13.4. The van der Waals surface area contributed by atoms with Crippen LogP contribution < -0.4 is 5.32 Å². The molecule has 1 aromatic heterocycles. The summed E-state index contributed by atoms with van der Waals surface area (Å²) < 4.78 is 40.4. The Balaban J connectivity index is 1.90. The number of hydrogen-bond acceptors (Lipinski definition) is 4. The second-order valence-electron chi connectivity index (χ2n) is 4.39. The highest BCUT2D eigenvalue weighted by Crippen LogP contribution is 2.20. The lowest BCUT2D eigenvalue weighted by Gasteiger charge is -2.06. The molecule has 0 radical (unpaired) electrons. The molecule has 0 bridgehead atoms. The Kier molecular flexibility index (Phi) is 2.94. The number of hydrogen-bond donors (Lipinski definition) is 1. The Bertz CT molecular complexity index is 585. The summed E-state index contributed by atoms with van der Waals surface area (Å²) in [5.41, 5.74) is 0.0500. The van der Waals surface area contributed by atoms with Crippen molar-refractivity contribution in [3.05, 3.63) is 35.4 Å². The van der Waals surface area contributed by atoms with Crippen LogP contribution in [0.25, 0.3) is 5.69 Å². The van der Waals surface area contributed by atoms with E-state index in [4.69, 9.17) is 0 Å². The van der Waals surface area contributed by atoms with Crippen molar-refractivity contribution in [2.45, 2.75) is 25.4 Å². The highest BCUT2D eigenvalue weighted by atomic mass is 19.2. The first kappa shape index (κ1) is 12.1. The van der Waals surface area contributed by atoms with Crippen molar-refractivity contribution in [1.29, 1.82) is 0 Å². The van der Waals surface area contributed by atoms with Crippen molar-refractivity contribution in [3.63, 3.8) is 0 Å². The summed E-state index contributed by atoms with van der Waals surface area (Å²) in [5.74, 6) is -3.63. The van der Waals surface area contributed by atoms with Crippen LogP contribution in [-0.2, 0) is 6.54 Å². The average Bonchev–Trinajstić information content (AvgIpc) is 3.10. The molecule has 1 fully saturated rings. The van der Waals surface area contributed by atoms with Crippen LogP contribution in [0.4, 0.5) is 13.2 Å². The quantitative estimate of drug-likeness (QED) is 0.851. The minimum atomic E-state index is -1.51. The van der Waals surface area contributed by atoms with Gasteiger partial charge in [-0.3, -0.25) is 0 Å². The van der Waals surface area contributed by atoms with Crippen molar-refractivity contribution >= 4 is 0 Å². The van der Waals surface area contributed by atoms with Crippen LogP contribution in [0.1, 0.15) is 18.7 Å². The first-order valence-electron chi connectivity index (χ1n) is 5.80. The van der Waals surface area contributed by atoms with Gasteiger partial charge in [-0.25, -0.2) is 13.2 Å². The fourth-order valence-corrected chi connectivity index (χ4v) is 1.70. The first-order chi connectivity index (χ1) is 9.15. The SMILES string of the molecule is Fc1cc(-n2nnnc2CNC2CC2)cc(F)c1F. The van der Waals surface area contributed by atoms with E-state index in [1.54, 1.807) is 0 Å². The van der Waals surface area contributed by atoms with E-state index < -0.39 is 17.5 Å². The maximum absolute atomic E-state index is 13.2. The minimum absolute atomic E-state index is 0.0500. The van der Waals surface area contributed by atoms with Crippen LogP contribution in [0.3, 0.4) is 0 Å². The van der Waals surface area contributed by atoms with E-state index >= 15 is 0 Å². The normalized spacial score (nSPS) is 14.9. The number of tetrazole rings is 1. The fraction of sp³-hybridized carbons (Fsp3) is 0.364. The Morgan fingerprint density at radius 1 is 1.21 bits per heavy atom. The summed E-state index contributed by atoms with van der Waals surface area (Å²) in [6.45, 7) is 0.387. The first-order valence-corrected chi connectivity index (χ1v) is 5.80. The van der Waals surface area contributed by atoms with Crippen molar-refractivity contribution in [3.8, 4) is 5.69 Å². The molecule has 1 aliphatic rings. The number of nitrogens with zero attached hydrogens (tertiary/aromatic N) is 4. The summed E-state index contributed by atoms with van der Waals surface area (Å²) in [6, 6.07) is 2.16. The lowest BCUT2D eigenvalue weighted by molar-refractivity contribution is 0.445. The van der Waals surface area contributed by atoms with Gasteiger partial charge in [-0.05, 0) is 23.3 Å². The molecule has 100 valence electrons. The summed E-state index contributed by atoms with van der Waals surface area (Å²) in [5, 5.41) is 14.1. The van der Waals surface area contributed by atoms with E-state index in [1.165, 1.54) is 4.68 Å². The van der Waals surface area contributed by atoms with E-state index in [9.17, 15) is 13.2 Å². The molecule has 0 amide bonds. The summed E-state index contributed by atoms with van der Waals surface area (Å²) in [4.78, 5) is 0. The van der Waals surface area contributed by atoms with Crippen molar-refractivity contribution in [2.24, 2.45) is 0 Å². The average molecular weight is 269 g/mol. The molecule has 1 N–H and O–H groups in total. The van der Waals surface area contributed by atoms with E-state index in [2.05, 4.69) is 20.8 Å². The molecular weight excluding hydrogens is 259 g/mol. The van der Waals surface area contributed by atoms with E-state index in [0.29, 0.717) is 18.4 Å². The molecule has 19 heavy (non-hydrogen) atoms. The van der Waals surface area contributed by atoms with Crippen molar-refractivity contribution < 1.29 is 13.2 Å². The van der Waals surface area contributed by atoms with Gasteiger partial charge in [0.25, 0.3) is 0 Å². The number of rotatable bonds is 4. The maximum Gasteiger partial charge on any atom is 0.194 e. The van der Waals surface area contributed by atoms with Crippen LogP contribution in [0, 0.1) is 17.5 Å². The highest BCUT2D eigenvalue weighted by Gasteiger charge is 2.22. The van der Waals surface area contributed by atoms with E-state index in [0.717, 1.165) is 25.0 Å². The number of aromatic nitrogens is 4. The third-order valence-electron chi connectivity index (χ3n) is 2.87. The Morgan fingerprint density at radius 2 is 1.89 bits per heavy atom. The van der Waals surface area contributed by atoms with E-state index in [1.807, 2.05) is 0 Å². The van der Waals surface area contributed by atoms with Crippen LogP contribution in [-0.4, -0.2) is 26.2 Å². The third-order valence-corrected chi connectivity index (χ3v) is 2.87. The van der Waals surface area contributed by atoms with Crippen LogP contribution in [0.2, 0.25) is 0 Å². The van der Waals surface area contributed by atoms with Gasteiger partial charge in [-0.1, -0.05) is 0 Å². The molecule has 8 heteroatoms. The molecule has 0 unspecified atom stereocenters. The van der Waals surface area contributed by atoms with Gasteiger partial charge in [0.2, 0.25) is 0 Å². The monoisotopic (exact) mass is 269 g/mol. The van der Waals surface area contributed by atoms with Gasteiger partial charge in [0.15, 0.2) is 23.3 Å². The van der Waals surface area contributed by atoms with Gasteiger partial charge in [0.05, 0.1) is 12.2 Å². The predicted octanol–water partition coefficient (Wildman–Crippen LogP) is 1.33. The van der Waals surface area contributed by atoms with Gasteiger partial charge in [-0.15, -0.1) is 5.10 Å². The number of benzene rings is 1. The predicted molar refractivity (Wildman–Crippen MR) is 58.9 cm³/mol. The van der Waals surface area contributed by atoms with Gasteiger partial charge >= 0.3 is 0 Å². The molecule has 1 heterocycles. The molecule has 2 aromatic rings. The second kappa shape index (κ2) is 4.61. The molecule has 0 spiro atoms. The molecule has 0 aliphatic heterocycles. The fourth-order valence-electron chi connectivity index (χ4n) is 1.70. The molecular formula is C11H10F3N5. The summed E-state index contributed by atoms with van der Waals surface area (Å²) >= 11 is 0. The molecule has 1 saturated carbocycles. The third kappa shape index (κ3) is 2.43. The molecule has 3 rings (SSSR count). The Labute approximate surface area is 106 Å². The van der Waals surface area contributed by atoms with Crippen molar-refractivity contribution in [1.82, 2.24) is 25.5 Å². The number of nitrogens with one attached hydrogen (secondary N) is 1. The lowest BCUT2D eigenvalue weighted by atomic mass is 10.3. The van der Waals surface area contributed by atoms with Crippen LogP contribution >= 0.6 is 0 Å². The minimum Gasteiger partial charge on any atom is -0.307 e. The second-order valence-corrected chi connectivity index (χ2v) is 4.39. The maximum atomic E-state index is 13.2. The lowest BCUT2D eigenvalue weighted by Crippen LogP contribution is -2.19. The number of halogens is 3. The zero-order valence-corrected chi connectivity index (χ0v) is 9.78. The molecule has 1 aromatic carbocycles. The highest BCUT2D eigenvalue weighted by molar-refractivity contribution is 5.33. The van der Waals surface area contributed by atoms with Gasteiger partial charge < -0.3 is 5.32 Å². The van der Waals surface area contributed by atoms with E-state index in [-0.39, 0.29) is 5.69 Å². The molecule has 0 atom stereocenters. The van der Waals surface area contributed by atoms with Gasteiger partial charge in [0.1, 0.15) is 0 Å². The van der Waals surface area contributed by atoms with Gasteiger partial charge in [-0.2, -0.15) is 4.68 Å². The summed E-state index contributed by atoms with van der Waals surface area (Å²) in [6.07, 6.45) is 2.20. The largest absolute Gasteiger partial charge is 0.307 e. The van der Waals surface area contributed by atoms with Gasteiger partial charge in [0, 0.05) is 18.2 Å². The summed E-state index contributed by atoms with van der Waals surface area (Å²) in [7, 11) is 0. The molecule has 5 nitrogen and oxygen atoms in total. The molecule has 0 saturated heterocycles. The van der Waals surface area contributed by atoms with Crippen LogP contribution in [0.15, 0.2) is 12.1 Å². The van der Waals surface area contributed by atoms with Crippen molar-refractivity contribution in [2.75, 3.05) is 0 Å². The zero-order valence-electron chi connectivity index (χ0n) is 9.78. The topological polar surface area (TPSA) is 55.6 Å². The smallest absolute Gasteiger partial charge is 0.194 e. The molecule has 1 aliphatic carbocycles. The Morgan fingerprint density at radius 3 is 2.53 bits per heavy atom. The Hall–Kier alpha value is -1.96.